The molecule has 110 valence electrons. The molecule has 2 rings (SSSR count). The highest BCUT2D eigenvalue weighted by atomic mass is 16.5. The summed E-state index contributed by atoms with van der Waals surface area (Å²) in [5, 5.41) is 0. The average molecular weight is 283 g/mol. The number of ether oxygens (including phenoxy) is 1. The van der Waals surface area contributed by atoms with E-state index in [4.69, 9.17) is 10.5 Å². The summed E-state index contributed by atoms with van der Waals surface area (Å²) in [6, 6.07) is 13.6. The van der Waals surface area contributed by atoms with Crippen molar-refractivity contribution >= 4 is 11.5 Å². The molecule has 0 atom stereocenters. The van der Waals surface area contributed by atoms with Gasteiger partial charge in [0, 0.05) is 24.1 Å². The summed E-state index contributed by atoms with van der Waals surface area (Å²) in [7, 11) is 1.63. The van der Waals surface area contributed by atoms with Crippen molar-refractivity contribution in [2.45, 2.75) is 26.2 Å². The molecule has 0 unspecified atom stereocenters. The Hall–Kier alpha value is -2.29. The zero-order valence-electron chi connectivity index (χ0n) is 12.6. The molecule has 0 aromatic heterocycles. The first-order valence-electron chi connectivity index (χ1n) is 7.08. The van der Waals surface area contributed by atoms with E-state index in [2.05, 4.69) is 0 Å². The van der Waals surface area contributed by atoms with Gasteiger partial charge in [0.1, 0.15) is 11.5 Å². The fraction of sp³-hybridized carbons (Fsp3) is 0.278. The molecule has 0 aliphatic rings. The van der Waals surface area contributed by atoms with Crippen LogP contribution in [0.1, 0.15) is 23.1 Å². The van der Waals surface area contributed by atoms with Gasteiger partial charge in [-0.25, -0.2) is 0 Å². The van der Waals surface area contributed by atoms with Gasteiger partial charge in [0.05, 0.1) is 7.11 Å². The number of methoxy groups -OCH3 is 1. The Morgan fingerprint density at radius 2 is 1.86 bits per heavy atom. The van der Waals surface area contributed by atoms with Crippen molar-refractivity contribution < 1.29 is 9.53 Å². The van der Waals surface area contributed by atoms with Crippen LogP contribution in [0.2, 0.25) is 0 Å². The summed E-state index contributed by atoms with van der Waals surface area (Å²) >= 11 is 0. The van der Waals surface area contributed by atoms with E-state index in [1.165, 1.54) is 0 Å². The van der Waals surface area contributed by atoms with Crippen molar-refractivity contribution in [2.75, 3.05) is 12.8 Å². The molecule has 0 aliphatic carbocycles. The van der Waals surface area contributed by atoms with Crippen LogP contribution < -0.4 is 10.5 Å². The average Bonchev–Trinajstić information content (AvgIpc) is 2.47. The van der Waals surface area contributed by atoms with Gasteiger partial charge in [-0.05, 0) is 37.1 Å². The lowest BCUT2D eigenvalue weighted by Gasteiger charge is -2.09. The number of ketones is 1. The minimum absolute atomic E-state index is 0.218. The van der Waals surface area contributed by atoms with Crippen LogP contribution in [0, 0.1) is 6.92 Å². The number of anilines is 1. The SMILES string of the molecule is COc1ccc(C)cc1CC(=O)CCc1ccc(N)cc1. The first kappa shape index (κ1) is 15.1. The summed E-state index contributed by atoms with van der Waals surface area (Å²) in [6.07, 6.45) is 1.69. The van der Waals surface area contributed by atoms with Crippen LogP contribution in [0.25, 0.3) is 0 Å². The van der Waals surface area contributed by atoms with Gasteiger partial charge in [-0.15, -0.1) is 0 Å². The minimum atomic E-state index is 0.218. The molecule has 2 N–H and O–H groups in total. The fourth-order valence-corrected chi connectivity index (χ4v) is 2.31. The molecule has 0 radical (unpaired) electrons. The van der Waals surface area contributed by atoms with Crippen LogP contribution in [0.4, 0.5) is 5.69 Å². The Balaban J connectivity index is 1.95. The maximum Gasteiger partial charge on any atom is 0.137 e. The van der Waals surface area contributed by atoms with E-state index >= 15 is 0 Å². The molecule has 2 aromatic rings. The number of hydrogen-bond donors (Lipinski definition) is 1. The van der Waals surface area contributed by atoms with Crippen molar-refractivity contribution in [1.82, 2.24) is 0 Å². The Labute approximate surface area is 125 Å². The van der Waals surface area contributed by atoms with Crippen LogP contribution in [0.3, 0.4) is 0 Å². The molecule has 0 saturated carbocycles. The molecule has 0 spiro atoms. The van der Waals surface area contributed by atoms with Gasteiger partial charge in [0.15, 0.2) is 0 Å². The fourth-order valence-electron chi connectivity index (χ4n) is 2.31. The second-order valence-electron chi connectivity index (χ2n) is 5.27. The third-order valence-electron chi connectivity index (χ3n) is 3.50. The van der Waals surface area contributed by atoms with E-state index in [9.17, 15) is 4.79 Å². The van der Waals surface area contributed by atoms with Crippen LogP contribution in [-0.2, 0) is 17.6 Å². The van der Waals surface area contributed by atoms with Crippen molar-refractivity contribution in [1.29, 1.82) is 0 Å². The summed E-state index contributed by atoms with van der Waals surface area (Å²) in [6.45, 7) is 2.02. The maximum atomic E-state index is 12.2. The molecule has 2 aromatic carbocycles. The van der Waals surface area contributed by atoms with E-state index in [1.54, 1.807) is 7.11 Å². The highest BCUT2D eigenvalue weighted by Crippen LogP contribution is 2.21. The number of hydrogen-bond acceptors (Lipinski definition) is 3. The first-order chi connectivity index (χ1) is 10.1. The van der Waals surface area contributed by atoms with Crippen LogP contribution in [-0.4, -0.2) is 12.9 Å². The van der Waals surface area contributed by atoms with E-state index in [1.807, 2.05) is 49.4 Å². The number of aryl methyl sites for hydroxylation is 2. The van der Waals surface area contributed by atoms with Gasteiger partial charge in [0.25, 0.3) is 0 Å². The number of benzene rings is 2. The Morgan fingerprint density at radius 1 is 1.14 bits per heavy atom. The Bertz CT molecular complexity index is 618. The zero-order chi connectivity index (χ0) is 15.2. The normalized spacial score (nSPS) is 10.4. The number of carbonyl (C=O) groups is 1. The number of nitrogen functional groups attached to an aromatic ring is 1. The van der Waals surface area contributed by atoms with Crippen molar-refractivity contribution in [3.8, 4) is 5.75 Å². The van der Waals surface area contributed by atoms with E-state index in [0.717, 1.165) is 34.5 Å². The summed E-state index contributed by atoms with van der Waals surface area (Å²) in [5.74, 6) is 0.997. The molecule has 3 nitrogen and oxygen atoms in total. The van der Waals surface area contributed by atoms with Crippen LogP contribution in [0.5, 0.6) is 5.75 Å². The van der Waals surface area contributed by atoms with Crippen molar-refractivity contribution in [3.05, 3.63) is 59.2 Å². The highest BCUT2D eigenvalue weighted by Gasteiger charge is 2.09. The molecule has 21 heavy (non-hydrogen) atoms. The molecule has 0 fully saturated rings. The summed E-state index contributed by atoms with van der Waals surface area (Å²) in [5.41, 5.74) is 9.62. The van der Waals surface area contributed by atoms with Gasteiger partial charge in [-0.2, -0.15) is 0 Å². The van der Waals surface area contributed by atoms with Crippen molar-refractivity contribution in [3.63, 3.8) is 0 Å². The lowest BCUT2D eigenvalue weighted by molar-refractivity contribution is -0.118. The van der Waals surface area contributed by atoms with E-state index in [-0.39, 0.29) is 5.78 Å². The molecule has 0 amide bonds. The van der Waals surface area contributed by atoms with E-state index in [0.29, 0.717) is 12.8 Å². The molecule has 0 aliphatic heterocycles. The van der Waals surface area contributed by atoms with E-state index < -0.39 is 0 Å². The standard InChI is InChI=1S/C18H21NO2/c1-13-3-10-18(21-2)15(11-13)12-17(20)9-6-14-4-7-16(19)8-5-14/h3-5,7-8,10-11H,6,9,12,19H2,1-2H3. The predicted molar refractivity (Wildman–Crippen MR) is 85.6 cm³/mol. The Morgan fingerprint density at radius 3 is 2.52 bits per heavy atom. The number of rotatable bonds is 6. The van der Waals surface area contributed by atoms with Gasteiger partial charge >= 0.3 is 0 Å². The van der Waals surface area contributed by atoms with Crippen LogP contribution >= 0.6 is 0 Å². The van der Waals surface area contributed by atoms with Crippen LogP contribution in [0.15, 0.2) is 42.5 Å². The quantitative estimate of drug-likeness (QED) is 0.827. The van der Waals surface area contributed by atoms with Gasteiger partial charge < -0.3 is 10.5 Å². The molecular formula is C18H21NO2. The van der Waals surface area contributed by atoms with Crippen molar-refractivity contribution in [2.24, 2.45) is 0 Å². The monoisotopic (exact) mass is 283 g/mol. The summed E-state index contributed by atoms with van der Waals surface area (Å²) in [4.78, 5) is 12.2. The largest absolute Gasteiger partial charge is 0.496 e. The predicted octanol–water partition coefficient (Wildman–Crippen LogP) is 3.33. The third kappa shape index (κ3) is 4.35. The summed E-state index contributed by atoms with van der Waals surface area (Å²) < 4.78 is 5.31. The maximum absolute atomic E-state index is 12.2. The molecule has 0 saturated heterocycles. The second kappa shape index (κ2) is 6.93. The third-order valence-corrected chi connectivity index (χ3v) is 3.50. The smallest absolute Gasteiger partial charge is 0.137 e. The molecular weight excluding hydrogens is 262 g/mol. The molecule has 3 heteroatoms. The second-order valence-corrected chi connectivity index (χ2v) is 5.27. The Kier molecular flexibility index (Phi) is 4.99. The highest BCUT2D eigenvalue weighted by molar-refractivity contribution is 5.81. The van der Waals surface area contributed by atoms with Gasteiger partial charge in [-0.3, -0.25) is 4.79 Å². The first-order valence-corrected chi connectivity index (χ1v) is 7.08. The number of Topliss-reactive ketones (excluding diaryl/α,β-unsaturated/α-hetero) is 1. The van der Waals surface area contributed by atoms with Gasteiger partial charge in [0.2, 0.25) is 0 Å². The zero-order valence-corrected chi connectivity index (χ0v) is 12.6. The topological polar surface area (TPSA) is 52.3 Å². The number of nitrogens with two attached hydrogens (primary N) is 1. The lowest BCUT2D eigenvalue weighted by Crippen LogP contribution is -2.06. The lowest BCUT2D eigenvalue weighted by atomic mass is 10.0. The van der Waals surface area contributed by atoms with Gasteiger partial charge in [-0.1, -0.05) is 29.8 Å². The number of carbonyl (C=O) groups excluding carboxylic acids is 1. The minimum Gasteiger partial charge on any atom is -0.496 e. The molecule has 0 heterocycles. The molecule has 0 bridgehead atoms.